The van der Waals surface area contributed by atoms with E-state index in [0.717, 1.165) is 48.0 Å². The Balaban J connectivity index is 2.10. The van der Waals surface area contributed by atoms with Gasteiger partial charge in [-0.05, 0) is 26.0 Å². The number of para-hydroxylation sites is 1. The third-order valence-corrected chi connectivity index (χ3v) is 3.06. The summed E-state index contributed by atoms with van der Waals surface area (Å²) in [6.45, 7) is 6.08. The van der Waals surface area contributed by atoms with Crippen molar-refractivity contribution in [2.24, 2.45) is 0 Å². The summed E-state index contributed by atoms with van der Waals surface area (Å²) in [6, 6.07) is 7.76. The molecule has 114 valence electrons. The van der Waals surface area contributed by atoms with E-state index in [1.807, 2.05) is 31.2 Å². The van der Waals surface area contributed by atoms with Gasteiger partial charge in [0.05, 0.1) is 7.11 Å². The van der Waals surface area contributed by atoms with E-state index in [4.69, 9.17) is 14.0 Å². The van der Waals surface area contributed by atoms with Crippen molar-refractivity contribution in [2.45, 2.75) is 33.4 Å². The zero-order valence-corrected chi connectivity index (χ0v) is 12.8. The molecule has 2 rings (SSSR count). The van der Waals surface area contributed by atoms with Crippen LogP contribution in [0.5, 0.6) is 11.5 Å². The van der Waals surface area contributed by atoms with Gasteiger partial charge in [0.1, 0.15) is 18.1 Å². The maximum absolute atomic E-state index is 5.90. The van der Waals surface area contributed by atoms with Crippen molar-refractivity contribution in [3.05, 3.63) is 41.3 Å². The Morgan fingerprint density at radius 3 is 2.86 bits per heavy atom. The topological polar surface area (TPSA) is 56.5 Å². The number of aryl methyl sites for hydroxylation is 1. The number of aromatic nitrogens is 1. The smallest absolute Gasteiger partial charge is 0.166 e. The number of rotatable bonds is 8. The van der Waals surface area contributed by atoms with E-state index in [1.54, 1.807) is 7.11 Å². The van der Waals surface area contributed by atoms with E-state index in [0.29, 0.717) is 6.61 Å². The van der Waals surface area contributed by atoms with Crippen molar-refractivity contribution in [1.82, 2.24) is 10.5 Å². The van der Waals surface area contributed by atoms with Crippen LogP contribution < -0.4 is 14.8 Å². The van der Waals surface area contributed by atoms with Gasteiger partial charge in [-0.25, -0.2) is 0 Å². The lowest BCUT2D eigenvalue weighted by atomic mass is 10.2. The average molecular weight is 290 g/mol. The molecule has 1 aromatic heterocycles. The van der Waals surface area contributed by atoms with Crippen molar-refractivity contribution in [3.63, 3.8) is 0 Å². The zero-order valence-electron chi connectivity index (χ0n) is 12.8. The SMILES string of the molecule is CCCNCc1cccc(OC)c1OCc1cc(C)on1. The summed E-state index contributed by atoms with van der Waals surface area (Å²) in [7, 11) is 1.64. The Hall–Kier alpha value is -2.01. The minimum absolute atomic E-state index is 0.360. The monoisotopic (exact) mass is 290 g/mol. The van der Waals surface area contributed by atoms with Gasteiger partial charge in [0.15, 0.2) is 11.5 Å². The summed E-state index contributed by atoms with van der Waals surface area (Å²) in [5.41, 5.74) is 1.84. The number of ether oxygens (including phenoxy) is 2. The first-order valence-corrected chi connectivity index (χ1v) is 7.16. The van der Waals surface area contributed by atoms with Crippen LogP contribution in [-0.4, -0.2) is 18.8 Å². The number of nitrogens with one attached hydrogen (secondary N) is 1. The molecule has 0 fully saturated rings. The van der Waals surface area contributed by atoms with Gasteiger partial charge >= 0.3 is 0 Å². The van der Waals surface area contributed by atoms with Crippen molar-refractivity contribution in [2.75, 3.05) is 13.7 Å². The molecule has 1 aromatic carbocycles. The van der Waals surface area contributed by atoms with E-state index in [2.05, 4.69) is 17.4 Å². The molecule has 0 spiro atoms. The highest BCUT2D eigenvalue weighted by Crippen LogP contribution is 2.31. The molecule has 0 atom stereocenters. The fourth-order valence-electron chi connectivity index (χ4n) is 2.06. The van der Waals surface area contributed by atoms with Crippen LogP contribution in [-0.2, 0) is 13.2 Å². The molecule has 2 aromatic rings. The quantitative estimate of drug-likeness (QED) is 0.757. The van der Waals surface area contributed by atoms with Crippen LogP contribution >= 0.6 is 0 Å². The normalized spacial score (nSPS) is 10.6. The summed E-state index contributed by atoms with van der Waals surface area (Å²) in [5, 5.41) is 7.31. The molecule has 5 heteroatoms. The Morgan fingerprint density at radius 2 is 2.19 bits per heavy atom. The van der Waals surface area contributed by atoms with Crippen LogP contribution in [0.1, 0.15) is 30.4 Å². The lowest BCUT2D eigenvalue weighted by molar-refractivity contribution is 0.268. The summed E-state index contributed by atoms with van der Waals surface area (Å²) < 4.78 is 16.3. The predicted molar refractivity (Wildman–Crippen MR) is 80.6 cm³/mol. The minimum Gasteiger partial charge on any atom is -0.493 e. The summed E-state index contributed by atoms with van der Waals surface area (Å²) in [5.74, 6) is 2.26. The van der Waals surface area contributed by atoms with E-state index >= 15 is 0 Å². The van der Waals surface area contributed by atoms with E-state index in [-0.39, 0.29) is 0 Å². The first-order chi connectivity index (χ1) is 10.2. The second kappa shape index (κ2) is 7.69. The van der Waals surface area contributed by atoms with Crippen molar-refractivity contribution in [3.8, 4) is 11.5 Å². The Bertz CT molecular complexity index is 566. The van der Waals surface area contributed by atoms with E-state index in [1.165, 1.54) is 0 Å². The highest BCUT2D eigenvalue weighted by molar-refractivity contribution is 5.46. The molecule has 0 amide bonds. The van der Waals surface area contributed by atoms with Crippen molar-refractivity contribution < 1.29 is 14.0 Å². The van der Waals surface area contributed by atoms with Gasteiger partial charge in [0.2, 0.25) is 0 Å². The highest BCUT2D eigenvalue weighted by atomic mass is 16.5. The third kappa shape index (κ3) is 4.23. The molecule has 0 aliphatic heterocycles. The molecule has 0 unspecified atom stereocenters. The lowest BCUT2D eigenvalue weighted by Crippen LogP contribution is -2.15. The Kier molecular flexibility index (Phi) is 5.63. The minimum atomic E-state index is 0.360. The second-order valence-corrected chi connectivity index (χ2v) is 4.84. The number of methoxy groups -OCH3 is 1. The van der Waals surface area contributed by atoms with Crippen LogP contribution in [0.4, 0.5) is 0 Å². The highest BCUT2D eigenvalue weighted by Gasteiger charge is 2.11. The fraction of sp³-hybridized carbons (Fsp3) is 0.438. The summed E-state index contributed by atoms with van der Waals surface area (Å²) >= 11 is 0. The third-order valence-electron chi connectivity index (χ3n) is 3.06. The number of nitrogens with zero attached hydrogens (tertiary/aromatic N) is 1. The predicted octanol–water partition coefficient (Wildman–Crippen LogP) is 3.07. The molecule has 0 aliphatic carbocycles. The first kappa shape index (κ1) is 15.4. The molecular formula is C16H22N2O3. The Morgan fingerprint density at radius 1 is 1.33 bits per heavy atom. The lowest BCUT2D eigenvalue weighted by Gasteiger charge is -2.14. The fourth-order valence-corrected chi connectivity index (χ4v) is 2.06. The van der Waals surface area contributed by atoms with Crippen molar-refractivity contribution >= 4 is 0 Å². The molecule has 1 N–H and O–H groups in total. The summed E-state index contributed by atoms with van der Waals surface area (Å²) in [4.78, 5) is 0. The average Bonchev–Trinajstić information content (AvgIpc) is 2.91. The van der Waals surface area contributed by atoms with Gasteiger partial charge in [-0.3, -0.25) is 0 Å². The number of benzene rings is 1. The van der Waals surface area contributed by atoms with Gasteiger partial charge < -0.3 is 19.3 Å². The zero-order chi connectivity index (χ0) is 15.1. The maximum atomic E-state index is 5.90. The molecule has 5 nitrogen and oxygen atoms in total. The van der Waals surface area contributed by atoms with Crippen LogP contribution in [0.3, 0.4) is 0 Å². The standard InChI is InChI=1S/C16H22N2O3/c1-4-8-17-10-13-6-5-7-15(19-3)16(13)20-11-14-9-12(2)21-18-14/h5-7,9,17H,4,8,10-11H2,1-3H3. The van der Waals surface area contributed by atoms with Crippen LogP contribution in [0.25, 0.3) is 0 Å². The summed E-state index contributed by atoms with van der Waals surface area (Å²) in [6.07, 6.45) is 1.10. The molecule has 0 bridgehead atoms. The molecule has 21 heavy (non-hydrogen) atoms. The van der Waals surface area contributed by atoms with Crippen LogP contribution in [0.2, 0.25) is 0 Å². The molecule has 0 saturated heterocycles. The molecule has 0 radical (unpaired) electrons. The largest absolute Gasteiger partial charge is 0.493 e. The van der Waals surface area contributed by atoms with E-state index < -0.39 is 0 Å². The van der Waals surface area contributed by atoms with Crippen molar-refractivity contribution in [1.29, 1.82) is 0 Å². The number of hydrogen-bond acceptors (Lipinski definition) is 5. The molecule has 1 heterocycles. The van der Waals surface area contributed by atoms with Gasteiger partial charge in [-0.1, -0.05) is 24.2 Å². The van der Waals surface area contributed by atoms with Gasteiger partial charge in [0.25, 0.3) is 0 Å². The van der Waals surface area contributed by atoms with Gasteiger partial charge in [0, 0.05) is 18.2 Å². The molecular weight excluding hydrogens is 268 g/mol. The second-order valence-electron chi connectivity index (χ2n) is 4.84. The molecule has 0 aliphatic rings. The van der Waals surface area contributed by atoms with Crippen LogP contribution in [0.15, 0.2) is 28.8 Å². The first-order valence-electron chi connectivity index (χ1n) is 7.16. The van der Waals surface area contributed by atoms with Gasteiger partial charge in [-0.2, -0.15) is 0 Å². The molecule has 0 saturated carbocycles. The Labute approximate surface area is 125 Å². The van der Waals surface area contributed by atoms with Crippen LogP contribution in [0, 0.1) is 6.92 Å². The van der Waals surface area contributed by atoms with E-state index in [9.17, 15) is 0 Å². The maximum Gasteiger partial charge on any atom is 0.166 e. The number of hydrogen-bond donors (Lipinski definition) is 1. The van der Waals surface area contributed by atoms with Gasteiger partial charge in [-0.15, -0.1) is 0 Å².